The van der Waals surface area contributed by atoms with Crippen molar-refractivity contribution in [3.8, 4) is 0 Å². The first-order valence-electron chi connectivity index (χ1n) is 4.19. The SMILES string of the molecule is CON(C)C1CCC(O)CC1. The molecule has 1 fully saturated rings. The maximum absolute atomic E-state index is 9.22. The summed E-state index contributed by atoms with van der Waals surface area (Å²) in [4.78, 5) is 5.08. The van der Waals surface area contributed by atoms with Crippen LogP contribution in [0, 0.1) is 0 Å². The molecule has 1 aliphatic rings. The van der Waals surface area contributed by atoms with Gasteiger partial charge in [-0.05, 0) is 25.7 Å². The largest absolute Gasteiger partial charge is 0.393 e. The zero-order valence-corrected chi connectivity index (χ0v) is 7.29. The molecule has 0 atom stereocenters. The Labute approximate surface area is 67.9 Å². The quantitative estimate of drug-likeness (QED) is 0.604. The first-order valence-corrected chi connectivity index (χ1v) is 4.19. The molecule has 0 aromatic carbocycles. The van der Waals surface area contributed by atoms with Crippen molar-refractivity contribution in [1.29, 1.82) is 0 Å². The molecule has 0 saturated heterocycles. The summed E-state index contributed by atoms with van der Waals surface area (Å²) in [6, 6.07) is 0.503. The van der Waals surface area contributed by atoms with Crippen LogP contribution in [0.15, 0.2) is 0 Å². The number of hydroxylamine groups is 2. The molecular formula is C8H17NO2. The van der Waals surface area contributed by atoms with E-state index in [9.17, 15) is 5.11 Å². The third kappa shape index (κ3) is 2.43. The lowest BCUT2D eigenvalue weighted by atomic mass is 9.93. The van der Waals surface area contributed by atoms with Crippen molar-refractivity contribution in [2.45, 2.75) is 37.8 Å². The van der Waals surface area contributed by atoms with Gasteiger partial charge in [0.1, 0.15) is 0 Å². The number of hydrogen-bond donors (Lipinski definition) is 1. The summed E-state index contributed by atoms with van der Waals surface area (Å²) in [7, 11) is 3.63. The molecule has 0 aliphatic heterocycles. The molecule has 0 spiro atoms. The predicted octanol–water partition coefficient (Wildman–Crippen LogP) is 0.783. The Bertz CT molecular complexity index is 111. The zero-order valence-electron chi connectivity index (χ0n) is 7.29. The van der Waals surface area contributed by atoms with Crippen LogP contribution in [0.3, 0.4) is 0 Å². The highest BCUT2D eigenvalue weighted by Crippen LogP contribution is 2.21. The molecule has 0 unspecified atom stereocenters. The van der Waals surface area contributed by atoms with Gasteiger partial charge in [0.05, 0.1) is 13.2 Å². The fourth-order valence-electron chi connectivity index (χ4n) is 1.57. The molecule has 0 bridgehead atoms. The molecule has 0 aromatic rings. The first kappa shape index (κ1) is 8.97. The van der Waals surface area contributed by atoms with E-state index in [4.69, 9.17) is 4.84 Å². The summed E-state index contributed by atoms with van der Waals surface area (Å²) in [6.07, 6.45) is 3.85. The lowest BCUT2D eigenvalue weighted by Gasteiger charge is -2.31. The normalized spacial score (nSPS) is 32.7. The predicted molar refractivity (Wildman–Crippen MR) is 43.0 cm³/mol. The van der Waals surface area contributed by atoms with Gasteiger partial charge in [-0.1, -0.05) is 0 Å². The highest BCUT2D eigenvalue weighted by Gasteiger charge is 2.22. The van der Waals surface area contributed by atoms with E-state index in [0.29, 0.717) is 6.04 Å². The summed E-state index contributed by atoms with van der Waals surface area (Å²) >= 11 is 0. The van der Waals surface area contributed by atoms with Gasteiger partial charge in [-0.3, -0.25) is 0 Å². The van der Waals surface area contributed by atoms with Crippen LogP contribution in [0.4, 0.5) is 0 Å². The van der Waals surface area contributed by atoms with Crippen LogP contribution in [0.2, 0.25) is 0 Å². The number of aliphatic hydroxyl groups excluding tert-OH is 1. The molecule has 3 nitrogen and oxygen atoms in total. The third-order valence-electron chi connectivity index (χ3n) is 2.47. The summed E-state index contributed by atoms with van der Waals surface area (Å²) in [6.45, 7) is 0. The average molecular weight is 159 g/mol. The monoisotopic (exact) mass is 159 g/mol. The van der Waals surface area contributed by atoms with Gasteiger partial charge in [0.25, 0.3) is 0 Å². The maximum Gasteiger partial charge on any atom is 0.0575 e. The van der Waals surface area contributed by atoms with Gasteiger partial charge >= 0.3 is 0 Å². The Morgan fingerprint density at radius 1 is 1.27 bits per heavy atom. The van der Waals surface area contributed by atoms with E-state index in [1.54, 1.807) is 7.11 Å². The molecule has 0 heterocycles. The van der Waals surface area contributed by atoms with Crippen LogP contribution in [-0.4, -0.2) is 36.5 Å². The molecule has 11 heavy (non-hydrogen) atoms. The van der Waals surface area contributed by atoms with Crippen molar-refractivity contribution in [3.63, 3.8) is 0 Å². The van der Waals surface area contributed by atoms with Crippen LogP contribution in [0.1, 0.15) is 25.7 Å². The van der Waals surface area contributed by atoms with Crippen molar-refractivity contribution in [2.75, 3.05) is 14.2 Å². The van der Waals surface area contributed by atoms with Gasteiger partial charge < -0.3 is 9.94 Å². The fourth-order valence-corrected chi connectivity index (χ4v) is 1.57. The molecule has 1 N–H and O–H groups in total. The summed E-state index contributed by atoms with van der Waals surface area (Å²) in [5, 5.41) is 11.1. The van der Waals surface area contributed by atoms with E-state index in [1.807, 2.05) is 12.1 Å². The lowest BCUT2D eigenvalue weighted by molar-refractivity contribution is -0.152. The summed E-state index contributed by atoms with van der Waals surface area (Å²) < 4.78 is 0. The maximum atomic E-state index is 9.22. The molecular weight excluding hydrogens is 142 g/mol. The zero-order chi connectivity index (χ0) is 8.27. The molecule has 1 rings (SSSR count). The van der Waals surface area contributed by atoms with Crippen LogP contribution in [-0.2, 0) is 4.84 Å². The lowest BCUT2D eigenvalue weighted by Crippen LogP contribution is -2.35. The van der Waals surface area contributed by atoms with Crippen molar-refractivity contribution in [2.24, 2.45) is 0 Å². The third-order valence-corrected chi connectivity index (χ3v) is 2.47. The number of aliphatic hydroxyl groups is 1. The minimum absolute atomic E-state index is 0.0727. The molecule has 0 amide bonds. The van der Waals surface area contributed by atoms with Crippen molar-refractivity contribution in [3.05, 3.63) is 0 Å². The van der Waals surface area contributed by atoms with Crippen LogP contribution in [0.5, 0.6) is 0 Å². The van der Waals surface area contributed by atoms with Gasteiger partial charge in [0.2, 0.25) is 0 Å². The molecule has 1 saturated carbocycles. The molecule has 66 valence electrons. The van der Waals surface area contributed by atoms with Crippen LogP contribution in [0.25, 0.3) is 0 Å². The standard InChI is InChI=1S/C8H17NO2/c1-9(11-2)7-3-5-8(10)6-4-7/h7-8,10H,3-6H2,1-2H3. The molecule has 0 radical (unpaired) electrons. The minimum Gasteiger partial charge on any atom is -0.393 e. The number of rotatable bonds is 2. The van der Waals surface area contributed by atoms with Crippen molar-refractivity contribution >= 4 is 0 Å². The Kier molecular flexibility index (Phi) is 3.30. The van der Waals surface area contributed by atoms with Crippen molar-refractivity contribution in [1.82, 2.24) is 5.06 Å². The molecule has 3 heteroatoms. The second-order valence-electron chi connectivity index (χ2n) is 3.19. The highest BCUT2D eigenvalue weighted by molar-refractivity contribution is 4.74. The number of hydrogen-bond acceptors (Lipinski definition) is 3. The average Bonchev–Trinajstić information content (AvgIpc) is 2.05. The van der Waals surface area contributed by atoms with Gasteiger partial charge in [-0.2, -0.15) is 5.06 Å². The Balaban J connectivity index is 2.27. The Morgan fingerprint density at radius 2 is 1.82 bits per heavy atom. The second kappa shape index (κ2) is 4.04. The van der Waals surface area contributed by atoms with E-state index < -0.39 is 0 Å². The number of nitrogens with zero attached hydrogens (tertiary/aromatic N) is 1. The Hall–Kier alpha value is -0.120. The van der Waals surface area contributed by atoms with E-state index in [2.05, 4.69) is 0 Å². The van der Waals surface area contributed by atoms with E-state index >= 15 is 0 Å². The van der Waals surface area contributed by atoms with Crippen LogP contribution >= 0.6 is 0 Å². The molecule has 0 aromatic heterocycles. The molecule has 1 aliphatic carbocycles. The fraction of sp³-hybridized carbons (Fsp3) is 1.00. The van der Waals surface area contributed by atoms with Crippen LogP contribution < -0.4 is 0 Å². The van der Waals surface area contributed by atoms with Crippen molar-refractivity contribution < 1.29 is 9.94 Å². The Morgan fingerprint density at radius 3 is 2.27 bits per heavy atom. The van der Waals surface area contributed by atoms with Gasteiger partial charge in [0, 0.05) is 13.1 Å². The van der Waals surface area contributed by atoms with Gasteiger partial charge in [-0.15, -0.1) is 0 Å². The van der Waals surface area contributed by atoms with E-state index in [-0.39, 0.29) is 6.10 Å². The topological polar surface area (TPSA) is 32.7 Å². The summed E-state index contributed by atoms with van der Waals surface area (Å²) in [5.74, 6) is 0. The van der Waals surface area contributed by atoms with Gasteiger partial charge in [-0.25, -0.2) is 0 Å². The smallest absolute Gasteiger partial charge is 0.0575 e. The van der Waals surface area contributed by atoms with E-state index in [1.165, 1.54) is 0 Å². The van der Waals surface area contributed by atoms with Gasteiger partial charge in [0.15, 0.2) is 0 Å². The first-order chi connectivity index (χ1) is 5.24. The van der Waals surface area contributed by atoms with E-state index in [0.717, 1.165) is 25.7 Å². The summed E-state index contributed by atoms with van der Waals surface area (Å²) in [5.41, 5.74) is 0. The minimum atomic E-state index is -0.0727. The highest BCUT2D eigenvalue weighted by atomic mass is 16.7. The second-order valence-corrected chi connectivity index (χ2v) is 3.19.